The predicted octanol–water partition coefficient (Wildman–Crippen LogP) is 3.33. The molecule has 0 saturated carbocycles. The van der Waals surface area contributed by atoms with Crippen LogP contribution in [0.5, 0.6) is 5.75 Å². The Morgan fingerprint density at radius 3 is 2.89 bits per heavy atom. The first-order valence-corrected chi connectivity index (χ1v) is 10.1. The van der Waals surface area contributed by atoms with E-state index in [1.807, 2.05) is 48.5 Å². The zero-order valence-electron chi connectivity index (χ0n) is 16.6. The van der Waals surface area contributed by atoms with Crippen molar-refractivity contribution in [3.8, 4) is 16.9 Å². The number of piperidine rings is 1. The van der Waals surface area contributed by atoms with Crippen LogP contribution in [0.25, 0.3) is 11.1 Å². The van der Waals surface area contributed by atoms with Crippen LogP contribution in [0.15, 0.2) is 48.5 Å². The maximum Gasteiger partial charge on any atom is 0.251 e. The molecule has 5 heteroatoms. The standard InChI is InChI=1S/C23H30N2O3/c1-28-22-12-3-2-11-21(22)18-8-6-9-19(16-18)23(27)24-13-7-15-25-14-5-4-10-20(25)17-26/h2-3,6,8-9,11-12,16,20,26H,4-5,7,10,13-15,17H2,1H3,(H,24,27). The molecule has 2 aromatic carbocycles. The van der Waals surface area contributed by atoms with Crippen molar-refractivity contribution >= 4 is 5.91 Å². The van der Waals surface area contributed by atoms with E-state index in [0.717, 1.165) is 42.8 Å². The number of para-hydroxylation sites is 1. The molecule has 1 aliphatic heterocycles. The van der Waals surface area contributed by atoms with Gasteiger partial charge in [-0.2, -0.15) is 0 Å². The average molecular weight is 383 g/mol. The molecule has 5 nitrogen and oxygen atoms in total. The highest BCUT2D eigenvalue weighted by atomic mass is 16.5. The predicted molar refractivity (Wildman–Crippen MR) is 112 cm³/mol. The fraction of sp³-hybridized carbons (Fsp3) is 0.435. The van der Waals surface area contributed by atoms with Crippen molar-refractivity contribution in [1.82, 2.24) is 10.2 Å². The van der Waals surface area contributed by atoms with Crippen LogP contribution in [0, 0.1) is 0 Å². The molecule has 0 spiro atoms. The summed E-state index contributed by atoms with van der Waals surface area (Å²) in [6.45, 7) is 2.81. The van der Waals surface area contributed by atoms with Crippen molar-refractivity contribution in [2.24, 2.45) is 0 Å². The van der Waals surface area contributed by atoms with Crippen LogP contribution in [0.3, 0.4) is 0 Å². The highest BCUT2D eigenvalue weighted by molar-refractivity contribution is 5.95. The number of methoxy groups -OCH3 is 1. The quantitative estimate of drug-likeness (QED) is 0.688. The Labute approximate surface area is 167 Å². The van der Waals surface area contributed by atoms with E-state index in [4.69, 9.17) is 4.74 Å². The van der Waals surface area contributed by atoms with Gasteiger partial charge in [0.05, 0.1) is 13.7 Å². The minimum Gasteiger partial charge on any atom is -0.496 e. The number of amides is 1. The number of benzene rings is 2. The van der Waals surface area contributed by atoms with E-state index in [1.165, 1.54) is 12.8 Å². The zero-order valence-corrected chi connectivity index (χ0v) is 16.6. The topological polar surface area (TPSA) is 61.8 Å². The van der Waals surface area contributed by atoms with Crippen LogP contribution < -0.4 is 10.1 Å². The van der Waals surface area contributed by atoms with Gasteiger partial charge in [0.15, 0.2) is 0 Å². The second-order valence-electron chi connectivity index (χ2n) is 7.26. The summed E-state index contributed by atoms with van der Waals surface area (Å²) in [4.78, 5) is 14.9. The molecule has 1 heterocycles. The molecule has 1 aliphatic rings. The van der Waals surface area contributed by atoms with E-state index in [0.29, 0.717) is 12.1 Å². The fourth-order valence-corrected chi connectivity index (χ4v) is 3.86. The number of aliphatic hydroxyl groups excluding tert-OH is 1. The molecule has 1 amide bonds. The Hall–Kier alpha value is -2.37. The molecule has 0 radical (unpaired) electrons. The second-order valence-corrected chi connectivity index (χ2v) is 7.26. The lowest BCUT2D eigenvalue weighted by molar-refractivity contribution is 0.0868. The summed E-state index contributed by atoms with van der Waals surface area (Å²) in [5.74, 6) is 0.731. The van der Waals surface area contributed by atoms with Crippen LogP contribution in [0.4, 0.5) is 0 Å². The molecule has 1 unspecified atom stereocenters. The Balaban J connectivity index is 1.55. The van der Waals surface area contributed by atoms with Gasteiger partial charge in [0, 0.05) is 30.3 Å². The first-order valence-electron chi connectivity index (χ1n) is 10.1. The third-order valence-corrected chi connectivity index (χ3v) is 5.41. The summed E-state index contributed by atoms with van der Waals surface area (Å²) in [7, 11) is 1.65. The summed E-state index contributed by atoms with van der Waals surface area (Å²) in [6.07, 6.45) is 4.34. The molecular weight excluding hydrogens is 352 g/mol. The largest absolute Gasteiger partial charge is 0.496 e. The van der Waals surface area contributed by atoms with Gasteiger partial charge in [-0.25, -0.2) is 0 Å². The summed E-state index contributed by atoms with van der Waals surface area (Å²) < 4.78 is 5.43. The van der Waals surface area contributed by atoms with E-state index in [9.17, 15) is 9.90 Å². The van der Waals surface area contributed by atoms with Gasteiger partial charge in [-0.3, -0.25) is 9.69 Å². The minimum absolute atomic E-state index is 0.0610. The van der Waals surface area contributed by atoms with Gasteiger partial charge in [0.25, 0.3) is 5.91 Å². The molecule has 3 rings (SSSR count). The normalized spacial score (nSPS) is 17.3. The molecule has 28 heavy (non-hydrogen) atoms. The Morgan fingerprint density at radius 1 is 1.21 bits per heavy atom. The van der Waals surface area contributed by atoms with Crippen molar-refractivity contribution in [3.63, 3.8) is 0 Å². The number of aliphatic hydroxyl groups is 1. The third kappa shape index (κ3) is 5.12. The number of rotatable bonds is 8. The maximum atomic E-state index is 12.6. The Bertz CT molecular complexity index is 778. The average Bonchev–Trinajstić information content (AvgIpc) is 2.76. The van der Waals surface area contributed by atoms with Crippen molar-refractivity contribution in [3.05, 3.63) is 54.1 Å². The van der Waals surface area contributed by atoms with Crippen molar-refractivity contribution < 1.29 is 14.6 Å². The molecule has 2 aromatic rings. The highest BCUT2D eigenvalue weighted by Crippen LogP contribution is 2.29. The number of carbonyl (C=O) groups is 1. The lowest BCUT2D eigenvalue weighted by Crippen LogP contribution is -2.43. The van der Waals surface area contributed by atoms with Crippen LogP contribution in [-0.4, -0.2) is 55.3 Å². The van der Waals surface area contributed by atoms with E-state index >= 15 is 0 Å². The first-order chi connectivity index (χ1) is 13.7. The Morgan fingerprint density at radius 2 is 2.07 bits per heavy atom. The number of nitrogens with one attached hydrogen (secondary N) is 1. The molecule has 0 bridgehead atoms. The first kappa shape index (κ1) is 20.4. The molecule has 0 aromatic heterocycles. The van der Waals surface area contributed by atoms with Gasteiger partial charge in [0.2, 0.25) is 0 Å². The second kappa shape index (κ2) is 10.2. The van der Waals surface area contributed by atoms with Gasteiger partial charge in [-0.1, -0.05) is 36.8 Å². The van der Waals surface area contributed by atoms with Crippen LogP contribution in [0.1, 0.15) is 36.0 Å². The molecule has 2 N–H and O–H groups in total. The van der Waals surface area contributed by atoms with E-state index < -0.39 is 0 Å². The summed E-state index contributed by atoms with van der Waals surface area (Å²) in [6, 6.07) is 15.7. The van der Waals surface area contributed by atoms with Crippen molar-refractivity contribution in [2.45, 2.75) is 31.7 Å². The summed E-state index contributed by atoms with van der Waals surface area (Å²) in [5.41, 5.74) is 2.58. The smallest absolute Gasteiger partial charge is 0.251 e. The highest BCUT2D eigenvalue weighted by Gasteiger charge is 2.20. The van der Waals surface area contributed by atoms with Crippen LogP contribution >= 0.6 is 0 Å². The lowest BCUT2D eigenvalue weighted by Gasteiger charge is -2.34. The molecule has 150 valence electrons. The number of nitrogens with zero attached hydrogens (tertiary/aromatic N) is 1. The van der Waals surface area contributed by atoms with Gasteiger partial charge >= 0.3 is 0 Å². The molecule has 1 atom stereocenters. The van der Waals surface area contributed by atoms with Crippen LogP contribution in [0.2, 0.25) is 0 Å². The van der Waals surface area contributed by atoms with Gasteiger partial charge in [-0.05, 0) is 49.6 Å². The van der Waals surface area contributed by atoms with Gasteiger partial charge < -0.3 is 15.2 Å². The van der Waals surface area contributed by atoms with E-state index in [1.54, 1.807) is 7.11 Å². The van der Waals surface area contributed by atoms with Gasteiger partial charge in [-0.15, -0.1) is 0 Å². The monoisotopic (exact) mass is 382 g/mol. The van der Waals surface area contributed by atoms with Crippen molar-refractivity contribution in [1.29, 1.82) is 0 Å². The molecule has 1 saturated heterocycles. The van der Waals surface area contributed by atoms with E-state index in [-0.39, 0.29) is 18.6 Å². The van der Waals surface area contributed by atoms with Gasteiger partial charge in [0.1, 0.15) is 5.75 Å². The van der Waals surface area contributed by atoms with E-state index in [2.05, 4.69) is 10.2 Å². The fourth-order valence-electron chi connectivity index (χ4n) is 3.86. The summed E-state index contributed by atoms with van der Waals surface area (Å²) in [5, 5.41) is 12.5. The van der Waals surface area contributed by atoms with Crippen molar-refractivity contribution in [2.75, 3.05) is 33.4 Å². The zero-order chi connectivity index (χ0) is 19.8. The lowest BCUT2D eigenvalue weighted by atomic mass is 10.0. The number of likely N-dealkylation sites (tertiary alicyclic amines) is 1. The Kier molecular flexibility index (Phi) is 7.46. The van der Waals surface area contributed by atoms with Crippen LogP contribution in [-0.2, 0) is 0 Å². The molecular formula is C23H30N2O3. The number of hydrogen-bond donors (Lipinski definition) is 2. The number of hydrogen-bond acceptors (Lipinski definition) is 4. The number of ether oxygens (including phenoxy) is 1. The minimum atomic E-state index is -0.0610. The summed E-state index contributed by atoms with van der Waals surface area (Å²) >= 11 is 0. The SMILES string of the molecule is COc1ccccc1-c1cccc(C(=O)NCCCN2CCCCC2CO)c1. The number of carbonyl (C=O) groups excluding carboxylic acids is 1. The third-order valence-electron chi connectivity index (χ3n) is 5.41. The molecule has 0 aliphatic carbocycles. The molecule has 1 fully saturated rings. The maximum absolute atomic E-state index is 12.6.